The first-order valence-electron chi connectivity index (χ1n) is 6.69. The third-order valence-corrected chi connectivity index (χ3v) is 4.52. The van der Waals surface area contributed by atoms with Crippen molar-refractivity contribution < 1.29 is 20.4 Å². The summed E-state index contributed by atoms with van der Waals surface area (Å²) in [6, 6.07) is 7.79. The van der Waals surface area contributed by atoms with Gasteiger partial charge < -0.3 is 20.4 Å². The summed E-state index contributed by atoms with van der Waals surface area (Å²) >= 11 is 1.27. The van der Waals surface area contributed by atoms with Gasteiger partial charge in [0.2, 0.25) is 0 Å². The average molecular weight is 312 g/mol. The Hall–Kier alpha value is -1.12. The van der Waals surface area contributed by atoms with Crippen LogP contribution in [0.5, 0.6) is 0 Å². The Morgan fingerprint density at radius 2 is 1.71 bits per heavy atom. The van der Waals surface area contributed by atoms with Crippen molar-refractivity contribution in [1.82, 2.24) is 5.43 Å². The number of rotatable bonds is 5. The van der Waals surface area contributed by atoms with Gasteiger partial charge in [-0.1, -0.05) is 41.6 Å². The zero-order valence-electron chi connectivity index (χ0n) is 11.8. The van der Waals surface area contributed by atoms with Gasteiger partial charge in [0.15, 0.2) is 0 Å². The van der Waals surface area contributed by atoms with E-state index in [0.717, 1.165) is 11.1 Å². The lowest BCUT2D eigenvalue weighted by atomic mass is 10.0. The standard InChI is InChI=1S/C14H20N2O4S/c1-7-3-5-9(6-4-7)13-15-16-14(21-13)12(20)11(19)10(18)8(2)17/h3-6,8,10-12,14,16-20H,1-2H3/t8-,10-,11-,12+,14+/m1/s1. The number of aryl methyl sites for hydroxylation is 1. The summed E-state index contributed by atoms with van der Waals surface area (Å²) in [7, 11) is 0. The van der Waals surface area contributed by atoms with Crippen molar-refractivity contribution in [3.05, 3.63) is 35.4 Å². The molecule has 0 spiro atoms. The Morgan fingerprint density at radius 3 is 2.29 bits per heavy atom. The number of hydrazone groups is 1. The first-order chi connectivity index (χ1) is 9.90. The normalized spacial score (nSPS) is 23.9. The Morgan fingerprint density at radius 1 is 1.10 bits per heavy atom. The molecule has 5 N–H and O–H groups in total. The lowest BCUT2D eigenvalue weighted by molar-refractivity contribution is -0.101. The summed E-state index contributed by atoms with van der Waals surface area (Å²) in [5.41, 5.74) is 4.80. The van der Waals surface area contributed by atoms with Crippen LogP contribution in [0.2, 0.25) is 0 Å². The Balaban J connectivity index is 1.99. The van der Waals surface area contributed by atoms with Crippen LogP contribution in [-0.2, 0) is 0 Å². The van der Waals surface area contributed by atoms with Gasteiger partial charge in [-0.3, -0.25) is 5.43 Å². The lowest BCUT2D eigenvalue weighted by Crippen LogP contribution is -2.49. The van der Waals surface area contributed by atoms with E-state index in [2.05, 4.69) is 10.5 Å². The number of hydrogen-bond donors (Lipinski definition) is 5. The van der Waals surface area contributed by atoms with Crippen LogP contribution >= 0.6 is 11.8 Å². The Kier molecular flexibility index (Phi) is 5.23. The third-order valence-electron chi connectivity index (χ3n) is 3.33. The molecule has 0 amide bonds. The second-order valence-corrected chi connectivity index (χ2v) is 6.29. The minimum Gasteiger partial charge on any atom is -0.391 e. The molecular weight excluding hydrogens is 292 g/mol. The highest BCUT2D eigenvalue weighted by molar-refractivity contribution is 8.15. The van der Waals surface area contributed by atoms with Gasteiger partial charge in [0, 0.05) is 5.56 Å². The molecular formula is C14H20N2O4S. The molecule has 21 heavy (non-hydrogen) atoms. The first kappa shape index (κ1) is 16.3. The summed E-state index contributed by atoms with van der Waals surface area (Å²) in [6.07, 6.45) is -5.25. The number of nitrogens with one attached hydrogen (secondary N) is 1. The second-order valence-electron chi connectivity index (χ2n) is 5.16. The predicted octanol–water partition coefficient (Wildman–Crippen LogP) is -0.217. The van der Waals surface area contributed by atoms with Gasteiger partial charge in [-0.15, -0.1) is 0 Å². The molecule has 2 rings (SSSR count). The molecule has 1 heterocycles. The van der Waals surface area contributed by atoms with Crippen LogP contribution in [0.1, 0.15) is 18.1 Å². The number of aliphatic hydroxyl groups excluding tert-OH is 4. The van der Waals surface area contributed by atoms with E-state index >= 15 is 0 Å². The summed E-state index contributed by atoms with van der Waals surface area (Å²) in [5, 5.41) is 43.0. The van der Waals surface area contributed by atoms with E-state index in [1.54, 1.807) is 0 Å². The van der Waals surface area contributed by atoms with Crippen LogP contribution in [-0.4, -0.2) is 55.3 Å². The maximum atomic E-state index is 10.1. The molecule has 0 fully saturated rings. The predicted molar refractivity (Wildman–Crippen MR) is 81.9 cm³/mol. The minimum atomic E-state index is -1.46. The van der Waals surface area contributed by atoms with Crippen molar-refractivity contribution in [1.29, 1.82) is 0 Å². The van der Waals surface area contributed by atoms with Crippen molar-refractivity contribution in [3.8, 4) is 0 Å². The van der Waals surface area contributed by atoms with Gasteiger partial charge in [0.05, 0.1) is 6.10 Å². The maximum Gasteiger partial charge on any atom is 0.125 e. The van der Waals surface area contributed by atoms with E-state index in [4.69, 9.17) is 0 Å². The molecule has 116 valence electrons. The number of benzene rings is 1. The van der Waals surface area contributed by atoms with E-state index in [-0.39, 0.29) is 0 Å². The van der Waals surface area contributed by atoms with E-state index in [0.29, 0.717) is 5.04 Å². The SMILES string of the molecule is Cc1ccc(C2=NN[C@H]([C@@H](O)[C@H](O)[C@H](O)[C@@H](C)O)S2)cc1. The van der Waals surface area contributed by atoms with Crippen molar-refractivity contribution in [3.63, 3.8) is 0 Å². The highest BCUT2D eigenvalue weighted by Crippen LogP contribution is 2.27. The summed E-state index contributed by atoms with van der Waals surface area (Å²) < 4.78 is 0. The van der Waals surface area contributed by atoms with Crippen molar-refractivity contribution >= 4 is 16.8 Å². The van der Waals surface area contributed by atoms with Crippen molar-refractivity contribution in [2.24, 2.45) is 5.10 Å². The highest BCUT2D eigenvalue weighted by Gasteiger charge is 2.36. The van der Waals surface area contributed by atoms with E-state index < -0.39 is 29.8 Å². The van der Waals surface area contributed by atoms with E-state index in [9.17, 15) is 20.4 Å². The molecule has 1 aromatic carbocycles. The second kappa shape index (κ2) is 6.76. The molecule has 6 nitrogen and oxygen atoms in total. The van der Waals surface area contributed by atoms with Gasteiger partial charge in [-0.25, -0.2) is 0 Å². The van der Waals surface area contributed by atoms with Gasteiger partial charge in [-0.2, -0.15) is 5.10 Å². The molecule has 7 heteroatoms. The fourth-order valence-corrected chi connectivity index (χ4v) is 2.96. The topological polar surface area (TPSA) is 105 Å². The van der Waals surface area contributed by atoms with Crippen LogP contribution in [0.4, 0.5) is 0 Å². The fourth-order valence-electron chi connectivity index (χ4n) is 1.94. The summed E-state index contributed by atoms with van der Waals surface area (Å²) in [4.78, 5) is 0. The number of aliphatic hydroxyl groups is 4. The van der Waals surface area contributed by atoms with Gasteiger partial charge >= 0.3 is 0 Å². The molecule has 1 aliphatic rings. The van der Waals surface area contributed by atoms with E-state index in [1.165, 1.54) is 18.7 Å². The van der Waals surface area contributed by atoms with Crippen LogP contribution in [0.3, 0.4) is 0 Å². The first-order valence-corrected chi connectivity index (χ1v) is 7.57. The summed E-state index contributed by atoms with van der Waals surface area (Å²) in [6.45, 7) is 3.34. The maximum absolute atomic E-state index is 10.1. The molecule has 0 aromatic heterocycles. The highest BCUT2D eigenvalue weighted by atomic mass is 32.2. The summed E-state index contributed by atoms with van der Waals surface area (Å²) in [5.74, 6) is 0. The monoisotopic (exact) mass is 312 g/mol. The molecule has 0 saturated heterocycles. The van der Waals surface area contributed by atoms with Crippen molar-refractivity contribution in [2.75, 3.05) is 0 Å². The van der Waals surface area contributed by atoms with Crippen LogP contribution < -0.4 is 5.43 Å². The Bertz CT molecular complexity index is 506. The molecule has 1 aliphatic heterocycles. The van der Waals surface area contributed by atoms with Crippen LogP contribution in [0.15, 0.2) is 29.4 Å². The van der Waals surface area contributed by atoms with E-state index in [1.807, 2.05) is 31.2 Å². The molecule has 1 aromatic rings. The molecule has 0 aliphatic carbocycles. The quantitative estimate of drug-likeness (QED) is 0.515. The van der Waals surface area contributed by atoms with Crippen LogP contribution in [0.25, 0.3) is 0 Å². The lowest BCUT2D eigenvalue weighted by Gasteiger charge is -2.27. The zero-order chi connectivity index (χ0) is 15.6. The van der Waals surface area contributed by atoms with Gasteiger partial charge in [0.25, 0.3) is 0 Å². The number of thioether (sulfide) groups is 1. The third kappa shape index (κ3) is 3.75. The van der Waals surface area contributed by atoms with Crippen LogP contribution in [0, 0.1) is 6.92 Å². The van der Waals surface area contributed by atoms with Crippen molar-refractivity contribution in [2.45, 2.75) is 43.6 Å². The largest absolute Gasteiger partial charge is 0.391 e. The average Bonchev–Trinajstić information content (AvgIpc) is 2.95. The number of hydrogen-bond acceptors (Lipinski definition) is 7. The molecule has 0 radical (unpaired) electrons. The molecule has 0 bridgehead atoms. The smallest absolute Gasteiger partial charge is 0.125 e. The minimum absolute atomic E-state index is 0.579. The Labute approximate surface area is 127 Å². The zero-order valence-corrected chi connectivity index (χ0v) is 12.7. The molecule has 0 saturated carbocycles. The number of nitrogens with zero attached hydrogens (tertiary/aromatic N) is 1. The molecule has 0 unspecified atom stereocenters. The van der Waals surface area contributed by atoms with Gasteiger partial charge in [0.1, 0.15) is 28.7 Å². The fraction of sp³-hybridized carbons (Fsp3) is 0.500. The molecule has 5 atom stereocenters. The van der Waals surface area contributed by atoms with Gasteiger partial charge in [-0.05, 0) is 13.8 Å².